The monoisotopic (exact) mass is 195 g/mol. The van der Waals surface area contributed by atoms with Gasteiger partial charge in [0.1, 0.15) is 0 Å². The van der Waals surface area contributed by atoms with Gasteiger partial charge in [-0.2, -0.15) is 0 Å². The van der Waals surface area contributed by atoms with Crippen LogP contribution in [0.25, 0.3) is 0 Å². The zero-order valence-corrected chi connectivity index (χ0v) is 7.44. The van der Waals surface area contributed by atoms with Gasteiger partial charge in [-0.1, -0.05) is 0 Å². The van der Waals surface area contributed by atoms with Crippen molar-refractivity contribution < 1.29 is 19.8 Å². The van der Waals surface area contributed by atoms with Crippen LogP contribution in [0, 0.1) is 6.92 Å². The van der Waals surface area contributed by atoms with Crippen molar-refractivity contribution in [3.8, 4) is 0 Å². The number of anilines is 1. The predicted molar refractivity (Wildman–Crippen MR) is 49.5 cm³/mol. The first-order chi connectivity index (χ1) is 6.43. The lowest BCUT2D eigenvalue weighted by atomic mass is 10.0. The van der Waals surface area contributed by atoms with E-state index in [0.29, 0.717) is 5.56 Å². The Morgan fingerprint density at radius 1 is 1.21 bits per heavy atom. The fraction of sp³-hybridized carbons (Fsp3) is 0.111. The van der Waals surface area contributed by atoms with Crippen LogP contribution in [0.5, 0.6) is 0 Å². The zero-order valence-electron chi connectivity index (χ0n) is 7.44. The summed E-state index contributed by atoms with van der Waals surface area (Å²) in [5.41, 5.74) is 5.82. The minimum Gasteiger partial charge on any atom is -0.478 e. The largest absolute Gasteiger partial charge is 0.478 e. The number of nitrogens with two attached hydrogens (primary N) is 1. The maximum Gasteiger partial charge on any atom is 0.336 e. The highest BCUT2D eigenvalue weighted by atomic mass is 16.4. The van der Waals surface area contributed by atoms with E-state index >= 15 is 0 Å². The number of nitrogen functional groups attached to an aromatic ring is 1. The molecule has 5 heteroatoms. The Labute approximate surface area is 79.8 Å². The Kier molecular flexibility index (Phi) is 2.42. The molecule has 4 N–H and O–H groups in total. The molecule has 1 aromatic carbocycles. The van der Waals surface area contributed by atoms with E-state index in [1.165, 1.54) is 13.0 Å². The Morgan fingerprint density at radius 3 is 2.21 bits per heavy atom. The first-order valence-electron chi connectivity index (χ1n) is 3.80. The molecule has 0 atom stereocenters. The summed E-state index contributed by atoms with van der Waals surface area (Å²) >= 11 is 0. The molecule has 0 saturated heterocycles. The van der Waals surface area contributed by atoms with Crippen molar-refractivity contribution in [2.75, 3.05) is 5.73 Å². The van der Waals surface area contributed by atoms with E-state index in [0.717, 1.165) is 6.07 Å². The van der Waals surface area contributed by atoms with E-state index in [2.05, 4.69) is 0 Å². The van der Waals surface area contributed by atoms with Crippen molar-refractivity contribution in [3.05, 3.63) is 28.8 Å². The van der Waals surface area contributed by atoms with Crippen molar-refractivity contribution in [1.82, 2.24) is 0 Å². The molecule has 0 heterocycles. The predicted octanol–water partition coefficient (Wildman–Crippen LogP) is 0.974. The van der Waals surface area contributed by atoms with Crippen LogP contribution in [-0.2, 0) is 0 Å². The second-order valence-corrected chi connectivity index (χ2v) is 2.85. The van der Waals surface area contributed by atoms with Crippen LogP contribution in [0.15, 0.2) is 12.1 Å². The van der Waals surface area contributed by atoms with Gasteiger partial charge in [-0.25, -0.2) is 9.59 Å². The molecule has 0 spiro atoms. The van der Waals surface area contributed by atoms with Gasteiger partial charge in [0, 0.05) is 5.69 Å². The van der Waals surface area contributed by atoms with Crippen molar-refractivity contribution in [3.63, 3.8) is 0 Å². The number of carboxylic acids is 2. The Balaban J connectivity index is 3.43. The first kappa shape index (κ1) is 10.0. The van der Waals surface area contributed by atoms with E-state index in [-0.39, 0.29) is 16.8 Å². The number of carboxylic acid groups (broad SMARTS) is 2. The van der Waals surface area contributed by atoms with Gasteiger partial charge in [-0.05, 0) is 24.6 Å². The normalized spacial score (nSPS) is 9.79. The number of hydrogen-bond donors (Lipinski definition) is 3. The van der Waals surface area contributed by atoms with E-state index in [1.807, 2.05) is 0 Å². The average molecular weight is 195 g/mol. The lowest BCUT2D eigenvalue weighted by molar-refractivity contribution is 0.0695. The Morgan fingerprint density at radius 2 is 1.79 bits per heavy atom. The molecule has 1 rings (SSSR count). The van der Waals surface area contributed by atoms with E-state index in [1.54, 1.807) is 0 Å². The van der Waals surface area contributed by atoms with Crippen molar-refractivity contribution in [2.45, 2.75) is 6.92 Å². The smallest absolute Gasteiger partial charge is 0.336 e. The SMILES string of the molecule is Cc1c(N)cc(C(=O)O)cc1C(=O)O. The molecule has 0 fully saturated rings. The summed E-state index contributed by atoms with van der Waals surface area (Å²) in [4.78, 5) is 21.3. The van der Waals surface area contributed by atoms with Crippen molar-refractivity contribution >= 4 is 17.6 Å². The molecule has 0 amide bonds. The summed E-state index contributed by atoms with van der Waals surface area (Å²) < 4.78 is 0. The molecule has 0 unspecified atom stereocenters. The van der Waals surface area contributed by atoms with Crippen LogP contribution in [0.3, 0.4) is 0 Å². The summed E-state index contributed by atoms with van der Waals surface area (Å²) in [6, 6.07) is 2.33. The van der Waals surface area contributed by atoms with Gasteiger partial charge in [-0.15, -0.1) is 0 Å². The van der Waals surface area contributed by atoms with E-state index < -0.39 is 11.9 Å². The van der Waals surface area contributed by atoms with Crippen LogP contribution in [0.2, 0.25) is 0 Å². The molecule has 0 aliphatic rings. The molecule has 14 heavy (non-hydrogen) atoms. The third kappa shape index (κ3) is 1.66. The first-order valence-corrected chi connectivity index (χ1v) is 3.80. The van der Waals surface area contributed by atoms with E-state index in [4.69, 9.17) is 15.9 Å². The summed E-state index contributed by atoms with van der Waals surface area (Å²) in [7, 11) is 0. The average Bonchev–Trinajstić information content (AvgIpc) is 2.08. The summed E-state index contributed by atoms with van der Waals surface area (Å²) in [6.07, 6.45) is 0. The van der Waals surface area contributed by atoms with Gasteiger partial charge in [0.15, 0.2) is 0 Å². The number of hydrogen-bond acceptors (Lipinski definition) is 3. The topological polar surface area (TPSA) is 101 Å². The second-order valence-electron chi connectivity index (χ2n) is 2.85. The third-order valence-electron chi connectivity index (χ3n) is 1.93. The third-order valence-corrected chi connectivity index (χ3v) is 1.93. The van der Waals surface area contributed by atoms with Gasteiger partial charge in [0.25, 0.3) is 0 Å². The fourth-order valence-corrected chi connectivity index (χ4v) is 1.08. The van der Waals surface area contributed by atoms with Gasteiger partial charge < -0.3 is 15.9 Å². The van der Waals surface area contributed by atoms with Gasteiger partial charge >= 0.3 is 11.9 Å². The molecule has 0 aliphatic heterocycles. The summed E-state index contributed by atoms with van der Waals surface area (Å²) in [6.45, 7) is 1.53. The van der Waals surface area contributed by atoms with Crippen LogP contribution in [0.4, 0.5) is 5.69 Å². The minimum atomic E-state index is -1.20. The number of carbonyl (C=O) groups is 2. The second kappa shape index (κ2) is 3.37. The Bertz CT molecular complexity index is 412. The maximum absolute atomic E-state index is 10.7. The van der Waals surface area contributed by atoms with Crippen LogP contribution < -0.4 is 5.73 Å². The van der Waals surface area contributed by atoms with Crippen LogP contribution >= 0.6 is 0 Å². The molecule has 0 aliphatic carbocycles. The summed E-state index contributed by atoms with van der Waals surface area (Å²) in [5.74, 6) is -2.38. The molecule has 74 valence electrons. The molecule has 0 saturated carbocycles. The Hall–Kier alpha value is -2.04. The molecular weight excluding hydrogens is 186 g/mol. The number of benzene rings is 1. The van der Waals surface area contributed by atoms with E-state index in [9.17, 15) is 9.59 Å². The molecule has 0 bridgehead atoms. The van der Waals surface area contributed by atoms with Gasteiger partial charge in [0.05, 0.1) is 11.1 Å². The van der Waals surface area contributed by atoms with Crippen LogP contribution in [0.1, 0.15) is 26.3 Å². The lowest BCUT2D eigenvalue weighted by Gasteiger charge is -2.05. The van der Waals surface area contributed by atoms with Crippen molar-refractivity contribution in [2.24, 2.45) is 0 Å². The quantitative estimate of drug-likeness (QED) is 0.610. The zero-order chi connectivity index (χ0) is 10.9. The highest BCUT2D eigenvalue weighted by molar-refractivity contribution is 5.96. The molecule has 5 nitrogen and oxygen atoms in total. The molecule has 1 aromatic rings. The molecule has 0 radical (unpaired) electrons. The van der Waals surface area contributed by atoms with Gasteiger partial charge in [0.2, 0.25) is 0 Å². The highest BCUT2D eigenvalue weighted by Crippen LogP contribution is 2.19. The van der Waals surface area contributed by atoms with Crippen molar-refractivity contribution in [1.29, 1.82) is 0 Å². The number of aromatic carboxylic acids is 2. The number of rotatable bonds is 2. The maximum atomic E-state index is 10.7. The molecule has 0 aromatic heterocycles. The summed E-state index contributed by atoms with van der Waals surface area (Å²) in [5, 5.41) is 17.4. The minimum absolute atomic E-state index is 0.0811. The van der Waals surface area contributed by atoms with Gasteiger partial charge in [-0.3, -0.25) is 0 Å². The standard InChI is InChI=1S/C9H9NO4/c1-4-6(9(13)14)2-5(8(11)12)3-7(4)10/h2-3H,10H2,1H3,(H,11,12)(H,13,14). The van der Waals surface area contributed by atoms with Crippen LogP contribution in [-0.4, -0.2) is 22.2 Å². The lowest BCUT2D eigenvalue weighted by Crippen LogP contribution is -2.07. The highest BCUT2D eigenvalue weighted by Gasteiger charge is 2.14. The fourth-order valence-electron chi connectivity index (χ4n) is 1.08. The molecular formula is C9H9NO4.